The van der Waals surface area contributed by atoms with Crippen molar-refractivity contribution in [1.82, 2.24) is 5.32 Å². The largest absolute Gasteiger partial charge is 0.409 e. The first-order chi connectivity index (χ1) is 9.70. The minimum Gasteiger partial charge on any atom is -0.409 e. The highest BCUT2D eigenvalue weighted by molar-refractivity contribution is 5.97. The fraction of sp³-hybridized carbons (Fsp3) is 0.533. The number of rotatable bonds is 6. The van der Waals surface area contributed by atoms with E-state index in [9.17, 15) is 4.39 Å². The monoisotopic (exact) mass is 277 g/mol. The molecule has 0 radical (unpaired) electrons. The second-order valence-electron chi connectivity index (χ2n) is 5.85. The fourth-order valence-electron chi connectivity index (χ4n) is 2.82. The third-order valence-electron chi connectivity index (χ3n) is 4.25. The molecular weight excluding hydrogens is 257 g/mol. The Balaban J connectivity index is 1.70. The van der Waals surface area contributed by atoms with E-state index in [4.69, 9.17) is 10.9 Å². The van der Waals surface area contributed by atoms with Crippen molar-refractivity contribution >= 4 is 5.84 Å². The Morgan fingerprint density at radius 1 is 1.35 bits per heavy atom. The Labute approximate surface area is 117 Å². The zero-order valence-electron chi connectivity index (χ0n) is 11.3. The van der Waals surface area contributed by atoms with Gasteiger partial charge in [-0.2, -0.15) is 0 Å². The summed E-state index contributed by atoms with van der Waals surface area (Å²) in [6.45, 7) is 0.496. The molecule has 0 heterocycles. The fourth-order valence-corrected chi connectivity index (χ4v) is 2.82. The molecule has 2 fully saturated rings. The van der Waals surface area contributed by atoms with Gasteiger partial charge in [-0.25, -0.2) is 4.39 Å². The molecule has 1 aromatic rings. The van der Waals surface area contributed by atoms with Gasteiger partial charge in [-0.15, -0.1) is 0 Å². The highest BCUT2D eigenvalue weighted by Gasteiger charge is 2.41. The molecular formula is C15H20FN3O. The summed E-state index contributed by atoms with van der Waals surface area (Å²) in [4.78, 5) is 0. The molecule has 0 spiro atoms. The summed E-state index contributed by atoms with van der Waals surface area (Å²) in [7, 11) is 0. The summed E-state index contributed by atoms with van der Waals surface area (Å²) < 4.78 is 14.3. The maximum absolute atomic E-state index is 14.3. The van der Waals surface area contributed by atoms with Gasteiger partial charge >= 0.3 is 0 Å². The van der Waals surface area contributed by atoms with E-state index < -0.39 is 5.82 Å². The lowest BCUT2D eigenvalue weighted by molar-refractivity contribution is 0.318. The zero-order valence-corrected chi connectivity index (χ0v) is 11.3. The topological polar surface area (TPSA) is 70.6 Å². The molecule has 0 aromatic heterocycles. The van der Waals surface area contributed by atoms with Crippen LogP contribution in [0, 0.1) is 17.7 Å². The molecule has 4 N–H and O–H groups in total. The number of nitrogens with one attached hydrogen (secondary N) is 1. The summed E-state index contributed by atoms with van der Waals surface area (Å²) in [5.74, 6) is 0.960. The van der Waals surface area contributed by atoms with Crippen LogP contribution in [0.5, 0.6) is 0 Å². The molecule has 3 rings (SSSR count). The van der Waals surface area contributed by atoms with Crippen molar-refractivity contribution in [3.8, 4) is 0 Å². The first-order valence-electron chi connectivity index (χ1n) is 7.19. The Hall–Kier alpha value is -1.62. The van der Waals surface area contributed by atoms with E-state index in [-0.39, 0.29) is 11.4 Å². The van der Waals surface area contributed by atoms with Crippen molar-refractivity contribution in [1.29, 1.82) is 0 Å². The number of nitrogens with zero attached hydrogens (tertiary/aromatic N) is 1. The lowest BCUT2D eigenvalue weighted by Gasteiger charge is -2.18. The number of amidine groups is 1. The average molecular weight is 277 g/mol. The molecule has 0 amide bonds. The number of hydrogen-bond acceptors (Lipinski definition) is 3. The van der Waals surface area contributed by atoms with Crippen LogP contribution >= 0.6 is 0 Å². The van der Waals surface area contributed by atoms with Crippen LogP contribution in [0.25, 0.3) is 0 Å². The molecule has 0 unspecified atom stereocenters. The van der Waals surface area contributed by atoms with Crippen LogP contribution in [-0.2, 0) is 6.54 Å². The highest BCUT2D eigenvalue weighted by atomic mass is 19.1. The summed E-state index contributed by atoms with van der Waals surface area (Å²) in [6, 6.07) is 5.53. The van der Waals surface area contributed by atoms with Crippen LogP contribution in [0.2, 0.25) is 0 Å². The van der Waals surface area contributed by atoms with Gasteiger partial charge in [-0.1, -0.05) is 17.3 Å². The summed E-state index contributed by atoms with van der Waals surface area (Å²) in [6.07, 6.45) is 5.17. The lowest BCUT2D eigenvalue weighted by atomic mass is 10.1. The van der Waals surface area contributed by atoms with Crippen LogP contribution in [0.4, 0.5) is 4.39 Å². The maximum atomic E-state index is 14.3. The predicted molar refractivity (Wildman–Crippen MR) is 75.0 cm³/mol. The van der Waals surface area contributed by atoms with Crippen molar-refractivity contribution in [3.05, 3.63) is 35.1 Å². The van der Waals surface area contributed by atoms with E-state index in [1.807, 2.05) is 0 Å². The van der Waals surface area contributed by atoms with Crippen molar-refractivity contribution in [2.75, 3.05) is 0 Å². The minimum absolute atomic E-state index is 0.154. The standard InChI is InChI=1S/C15H20FN3O/c16-13-11(2-1-3-12(13)15(17)19-20)8-18-14(9-4-5-9)10-6-7-10/h1-3,9-10,14,18,20H,4-8H2,(H2,17,19). The first kappa shape index (κ1) is 13.4. The second-order valence-corrected chi connectivity index (χ2v) is 5.85. The molecule has 0 bridgehead atoms. The molecule has 2 saturated carbocycles. The van der Waals surface area contributed by atoms with E-state index in [2.05, 4.69) is 10.5 Å². The van der Waals surface area contributed by atoms with Gasteiger partial charge in [0.15, 0.2) is 5.84 Å². The number of benzene rings is 1. The van der Waals surface area contributed by atoms with Gasteiger partial charge in [0, 0.05) is 18.2 Å². The van der Waals surface area contributed by atoms with Crippen molar-refractivity contribution in [2.24, 2.45) is 22.7 Å². The Morgan fingerprint density at radius 3 is 2.55 bits per heavy atom. The van der Waals surface area contributed by atoms with E-state index in [0.717, 1.165) is 11.8 Å². The molecule has 0 atom stereocenters. The van der Waals surface area contributed by atoms with Gasteiger partial charge in [-0.3, -0.25) is 0 Å². The number of oxime groups is 1. The second kappa shape index (κ2) is 5.40. The third-order valence-corrected chi connectivity index (χ3v) is 4.25. The van der Waals surface area contributed by atoms with Crippen LogP contribution in [0.15, 0.2) is 23.4 Å². The highest BCUT2D eigenvalue weighted by Crippen LogP contribution is 2.44. The van der Waals surface area contributed by atoms with Crippen LogP contribution in [-0.4, -0.2) is 17.1 Å². The lowest BCUT2D eigenvalue weighted by Crippen LogP contribution is -2.33. The summed E-state index contributed by atoms with van der Waals surface area (Å²) >= 11 is 0. The Bertz CT molecular complexity index is 512. The molecule has 2 aliphatic rings. The molecule has 108 valence electrons. The van der Waals surface area contributed by atoms with Crippen molar-refractivity contribution < 1.29 is 9.60 Å². The molecule has 0 aliphatic heterocycles. The average Bonchev–Trinajstić information content (AvgIpc) is 3.33. The van der Waals surface area contributed by atoms with Crippen molar-refractivity contribution in [2.45, 2.75) is 38.3 Å². The number of hydrogen-bond donors (Lipinski definition) is 3. The number of halogens is 1. The van der Waals surface area contributed by atoms with Gasteiger partial charge < -0.3 is 16.3 Å². The minimum atomic E-state index is -0.402. The van der Waals surface area contributed by atoms with Crippen LogP contribution in [0.3, 0.4) is 0 Å². The van der Waals surface area contributed by atoms with Gasteiger partial charge in [0.05, 0.1) is 5.56 Å². The van der Waals surface area contributed by atoms with Crippen LogP contribution < -0.4 is 11.1 Å². The molecule has 20 heavy (non-hydrogen) atoms. The molecule has 0 saturated heterocycles. The normalized spacial score (nSPS) is 19.6. The van der Waals surface area contributed by atoms with Gasteiger partial charge in [0.25, 0.3) is 0 Å². The van der Waals surface area contributed by atoms with Gasteiger partial charge in [-0.05, 0) is 43.6 Å². The molecule has 2 aliphatic carbocycles. The predicted octanol–water partition coefficient (Wildman–Crippen LogP) is 2.20. The van der Waals surface area contributed by atoms with E-state index in [1.54, 1.807) is 12.1 Å². The summed E-state index contributed by atoms with van der Waals surface area (Å²) in [5, 5.41) is 15.0. The molecule has 1 aromatic carbocycles. The van der Waals surface area contributed by atoms with E-state index in [0.29, 0.717) is 18.2 Å². The summed E-state index contributed by atoms with van der Waals surface area (Å²) in [5.41, 5.74) is 6.20. The smallest absolute Gasteiger partial charge is 0.173 e. The van der Waals surface area contributed by atoms with Gasteiger partial charge in [0.1, 0.15) is 5.82 Å². The van der Waals surface area contributed by atoms with Crippen LogP contribution in [0.1, 0.15) is 36.8 Å². The number of nitrogens with two attached hydrogens (primary N) is 1. The van der Waals surface area contributed by atoms with Crippen molar-refractivity contribution in [3.63, 3.8) is 0 Å². The molecule has 5 heteroatoms. The first-order valence-corrected chi connectivity index (χ1v) is 7.19. The van der Waals surface area contributed by atoms with E-state index >= 15 is 0 Å². The Kier molecular flexibility index (Phi) is 3.61. The third kappa shape index (κ3) is 2.77. The SMILES string of the molecule is N/C(=N/O)c1cccc(CNC(C2CC2)C2CC2)c1F. The van der Waals surface area contributed by atoms with Gasteiger partial charge in [0.2, 0.25) is 0 Å². The molecule has 4 nitrogen and oxygen atoms in total. The maximum Gasteiger partial charge on any atom is 0.173 e. The zero-order chi connectivity index (χ0) is 14.1. The Morgan fingerprint density at radius 2 is 2.00 bits per heavy atom. The van der Waals surface area contributed by atoms with E-state index in [1.165, 1.54) is 31.7 Å². The quantitative estimate of drug-likeness (QED) is 0.323.